The Kier molecular flexibility index (Phi) is 3.40. The average molecular weight is 291 g/mol. The van der Waals surface area contributed by atoms with Gasteiger partial charge in [-0.3, -0.25) is 0 Å². The van der Waals surface area contributed by atoms with Crippen molar-refractivity contribution in [1.82, 2.24) is 15.0 Å². The van der Waals surface area contributed by atoms with Gasteiger partial charge in [0.05, 0.1) is 22.5 Å². The van der Waals surface area contributed by atoms with Crippen LogP contribution in [0, 0.1) is 6.92 Å². The first-order chi connectivity index (χ1) is 9.81. The number of carbonyl (C=O) groups is 3. The number of aromatic nitrogens is 3. The van der Waals surface area contributed by atoms with Crippen LogP contribution in [0.5, 0.6) is 0 Å². The van der Waals surface area contributed by atoms with Gasteiger partial charge in [-0.05, 0) is 25.1 Å². The van der Waals surface area contributed by atoms with Crippen molar-refractivity contribution in [3.8, 4) is 5.69 Å². The smallest absolute Gasteiger partial charge is 0.358 e. The summed E-state index contributed by atoms with van der Waals surface area (Å²) < 4.78 is 1.07. The molecule has 9 heteroatoms. The lowest BCUT2D eigenvalue weighted by Gasteiger charge is -2.06. The molecule has 1 heterocycles. The van der Waals surface area contributed by atoms with Crippen LogP contribution in [0.1, 0.15) is 36.9 Å². The third kappa shape index (κ3) is 2.56. The van der Waals surface area contributed by atoms with Crippen molar-refractivity contribution in [3.63, 3.8) is 0 Å². The van der Waals surface area contributed by atoms with Crippen molar-refractivity contribution >= 4 is 17.9 Å². The van der Waals surface area contributed by atoms with Crippen molar-refractivity contribution in [3.05, 3.63) is 40.7 Å². The largest absolute Gasteiger partial charge is 0.478 e. The van der Waals surface area contributed by atoms with Crippen molar-refractivity contribution in [2.45, 2.75) is 6.92 Å². The number of hydrogen-bond donors (Lipinski definition) is 3. The molecule has 2 rings (SSSR count). The number of rotatable bonds is 4. The van der Waals surface area contributed by atoms with Crippen molar-refractivity contribution < 1.29 is 29.7 Å². The summed E-state index contributed by atoms with van der Waals surface area (Å²) in [6, 6.07) is 3.36. The molecule has 0 saturated carbocycles. The second-order valence-corrected chi connectivity index (χ2v) is 4.12. The summed E-state index contributed by atoms with van der Waals surface area (Å²) in [6.45, 7) is 1.43. The van der Waals surface area contributed by atoms with E-state index in [2.05, 4.69) is 10.3 Å². The van der Waals surface area contributed by atoms with Gasteiger partial charge in [-0.15, -0.1) is 5.10 Å². The van der Waals surface area contributed by atoms with E-state index in [1.807, 2.05) is 0 Å². The van der Waals surface area contributed by atoms with E-state index >= 15 is 0 Å². The Bertz CT molecular complexity index is 732. The molecule has 0 aliphatic heterocycles. The predicted octanol–water partition coefficient (Wildman–Crippen LogP) is 0.670. The maximum Gasteiger partial charge on any atom is 0.358 e. The molecule has 0 aliphatic rings. The van der Waals surface area contributed by atoms with Crippen LogP contribution in [0.3, 0.4) is 0 Å². The minimum absolute atomic E-state index is 0.102. The van der Waals surface area contributed by atoms with Gasteiger partial charge in [0.25, 0.3) is 0 Å². The molecule has 0 saturated heterocycles. The van der Waals surface area contributed by atoms with Crippen LogP contribution in [0.25, 0.3) is 5.69 Å². The van der Waals surface area contributed by atoms with Crippen LogP contribution < -0.4 is 0 Å². The summed E-state index contributed by atoms with van der Waals surface area (Å²) in [4.78, 5) is 33.0. The second kappa shape index (κ2) is 5.04. The Morgan fingerprint density at radius 2 is 1.48 bits per heavy atom. The van der Waals surface area contributed by atoms with Gasteiger partial charge < -0.3 is 15.3 Å². The van der Waals surface area contributed by atoms with Crippen molar-refractivity contribution in [2.75, 3.05) is 0 Å². The van der Waals surface area contributed by atoms with Crippen LogP contribution in [-0.2, 0) is 0 Å². The van der Waals surface area contributed by atoms with Gasteiger partial charge in [0, 0.05) is 0 Å². The molecule has 2 aromatic rings. The van der Waals surface area contributed by atoms with E-state index in [1.165, 1.54) is 19.1 Å². The molecular weight excluding hydrogens is 282 g/mol. The van der Waals surface area contributed by atoms with Crippen molar-refractivity contribution in [1.29, 1.82) is 0 Å². The fraction of sp³-hybridized carbons (Fsp3) is 0.0833. The highest BCUT2D eigenvalue weighted by Gasteiger charge is 2.18. The number of nitrogens with zero attached hydrogens (tertiary/aromatic N) is 3. The van der Waals surface area contributed by atoms with E-state index in [4.69, 9.17) is 15.3 Å². The molecule has 9 nitrogen and oxygen atoms in total. The van der Waals surface area contributed by atoms with E-state index in [0.717, 1.165) is 10.7 Å². The SMILES string of the molecule is Cc1c(C(=O)O)nnn1-c1cc(C(=O)O)cc(C(=O)O)c1. The number of carboxylic acids is 3. The molecule has 0 radical (unpaired) electrons. The highest BCUT2D eigenvalue weighted by Crippen LogP contribution is 2.17. The summed E-state index contributed by atoms with van der Waals surface area (Å²) in [7, 11) is 0. The van der Waals surface area contributed by atoms with E-state index in [0.29, 0.717) is 0 Å². The first-order valence-electron chi connectivity index (χ1n) is 5.59. The number of benzene rings is 1. The topological polar surface area (TPSA) is 143 Å². The maximum absolute atomic E-state index is 11.0. The minimum atomic E-state index is -1.31. The summed E-state index contributed by atoms with van der Waals surface area (Å²) in [6.07, 6.45) is 0. The molecular formula is C12H9N3O6. The Balaban J connectivity index is 2.66. The van der Waals surface area contributed by atoms with Gasteiger partial charge >= 0.3 is 17.9 Å². The van der Waals surface area contributed by atoms with E-state index in [1.54, 1.807) is 0 Å². The van der Waals surface area contributed by atoms with E-state index < -0.39 is 17.9 Å². The standard InChI is InChI=1S/C12H9N3O6/c1-5-9(12(20)21)13-14-15(5)8-3-6(10(16)17)2-7(4-8)11(18)19/h2-4H,1H3,(H,16,17)(H,18,19)(H,20,21). The second-order valence-electron chi connectivity index (χ2n) is 4.12. The molecule has 0 spiro atoms. The molecule has 0 atom stereocenters. The van der Waals surface area contributed by atoms with Crippen LogP contribution in [0.4, 0.5) is 0 Å². The highest BCUT2D eigenvalue weighted by atomic mass is 16.4. The van der Waals surface area contributed by atoms with Gasteiger partial charge in [-0.25, -0.2) is 19.1 Å². The van der Waals surface area contributed by atoms with Gasteiger partial charge in [-0.2, -0.15) is 0 Å². The average Bonchev–Trinajstić information content (AvgIpc) is 2.80. The Hall–Kier alpha value is -3.23. The third-order valence-corrected chi connectivity index (χ3v) is 2.75. The summed E-state index contributed by atoms with van der Waals surface area (Å²) in [5.74, 6) is -3.90. The molecule has 0 amide bonds. The van der Waals surface area contributed by atoms with Crippen molar-refractivity contribution in [2.24, 2.45) is 0 Å². The van der Waals surface area contributed by atoms with Gasteiger partial charge in [0.1, 0.15) is 0 Å². The minimum Gasteiger partial charge on any atom is -0.478 e. The van der Waals surface area contributed by atoms with Crippen LogP contribution >= 0.6 is 0 Å². The predicted molar refractivity (Wildman–Crippen MR) is 67.0 cm³/mol. The molecule has 0 bridgehead atoms. The lowest BCUT2D eigenvalue weighted by molar-refractivity contribution is 0.0677. The number of hydrogen-bond acceptors (Lipinski definition) is 5. The molecule has 1 aromatic carbocycles. The summed E-state index contributed by atoms with van der Waals surface area (Å²) in [5, 5.41) is 34.0. The Morgan fingerprint density at radius 1 is 0.952 bits per heavy atom. The van der Waals surface area contributed by atoms with Crippen LogP contribution in [-0.4, -0.2) is 48.2 Å². The summed E-state index contributed by atoms with van der Waals surface area (Å²) in [5.41, 5.74) is -0.549. The quantitative estimate of drug-likeness (QED) is 0.745. The maximum atomic E-state index is 11.0. The fourth-order valence-corrected chi connectivity index (χ4v) is 1.75. The van der Waals surface area contributed by atoms with Crippen LogP contribution in [0.2, 0.25) is 0 Å². The summed E-state index contributed by atoms with van der Waals surface area (Å²) >= 11 is 0. The van der Waals surface area contributed by atoms with Gasteiger partial charge in [-0.1, -0.05) is 5.21 Å². The first kappa shape index (κ1) is 14.2. The third-order valence-electron chi connectivity index (χ3n) is 2.75. The Labute approximate surface area is 117 Å². The lowest BCUT2D eigenvalue weighted by atomic mass is 10.1. The highest BCUT2D eigenvalue weighted by molar-refractivity contribution is 5.95. The normalized spacial score (nSPS) is 10.3. The Morgan fingerprint density at radius 3 is 1.86 bits per heavy atom. The van der Waals surface area contributed by atoms with E-state index in [-0.39, 0.29) is 28.2 Å². The zero-order valence-electron chi connectivity index (χ0n) is 10.6. The number of aromatic carboxylic acids is 3. The molecule has 0 unspecified atom stereocenters. The van der Waals surface area contributed by atoms with Crippen LogP contribution in [0.15, 0.2) is 18.2 Å². The van der Waals surface area contributed by atoms with Gasteiger partial charge in [0.2, 0.25) is 0 Å². The molecule has 108 valence electrons. The fourth-order valence-electron chi connectivity index (χ4n) is 1.75. The lowest BCUT2D eigenvalue weighted by Crippen LogP contribution is -2.08. The monoisotopic (exact) mass is 291 g/mol. The van der Waals surface area contributed by atoms with E-state index in [9.17, 15) is 14.4 Å². The zero-order chi connectivity index (χ0) is 15.7. The first-order valence-corrected chi connectivity index (χ1v) is 5.59. The number of carboxylic acid groups (broad SMARTS) is 3. The molecule has 3 N–H and O–H groups in total. The molecule has 0 fully saturated rings. The molecule has 21 heavy (non-hydrogen) atoms. The molecule has 0 aliphatic carbocycles. The van der Waals surface area contributed by atoms with Gasteiger partial charge in [0.15, 0.2) is 5.69 Å². The molecule has 1 aromatic heterocycles. The zero-order valence-corrected chi connectivity index (χ0v) is 10.6.